The first-order valence-electron chi connectivity index (χ1n) is 7.15. The van der Waals surface area contributed by atoms with Crippen LogP contribution in [-0.2, 0) is 0 Å². The molecule has 1 rings (SSSR count). The first-order chi connectivity index (χ1) is 8.32. The van der Waals surface area contributed by atoms with Crippen LogP contribution >= 0.6 is 0 Å². The van der Waals surface area contributed by atoms with Crippen molar-refractivity contribution in [1.82, 2.24) is 4.90 Å². The Kier molecular flexibility index (Phi) is 5.96. The summed E-state index contributed by atoms with van der Waals surface area (Å²) in [5, 5.41) is 0. The van der Waals surface area contributed by atoms with E-state index in [4.69, 9.17) is 0 Å². The van der Waals surface area contributed by atoms with Crippen LogP contribution < -0.4 is 0 Å². The monoisotopic (exact) mass is 265 g/mol. The first kappa shape index (κ1) is 15.8. The van der Waals surface area contributed by atoms with E-state index in [1.165, 1.54) is 26.2 Å². The summed E-state index contributed by atoms with van der Waals surface area (Å²) in [5.74, 6) is -1.19. The molecule has 0 radical (unpaired) electrons. The van der Waals surface area contributed by atoms with Crippen molar-refractivity contribution in [2.45, 2.75) is 77.6 Å². The lowest BCUT2D eigenvalue weighted by Gasteiger charge is -2.38. The second-order valence-corrected chi connectivity index (χ2v) is 5.85. The van der Waals surface area contributed by atoms with Crippen LogP contribution in [0.25, 0.3) is 0 Å². The molecule has 1 fully saturated rings. The Morgan fingerprint density at radius 1 is 1.06 bits per heavy atom. The Hall–Kier alpha value is -0.250. The van der Waals surface area contributed by atoms with Gasteiger partial charge in [-0.05, 0) is 39.7 Å². The van der Waals surface area contributed by atoms with E-state index in [0.717, 1.165) is 12.8 Å². The van der Waals surface area contributed by atoms with Gasteiger partial charge >= 0.3 is 6.18 Å². The van der Waals surface area contributed by atoms with Gasteiger partial charge < -0.3 is 0 Å². The summed E-state index contributed by atoms with van der Waals surface area (Å²) < 4.78 is 37.6. The van der Waals surface area contributed by atoms with Crippen molar-refractivity contribution in [2.75, 3.05) is 6.54 Å². The van der Waals surface area contributed by atoms with E-state index >= 15 is 0 Å². The molecule has 4 heteroatoms. The molecule has 0 heterocycles. The van der Waals surface area contributed by atoms with Crippen molar-refractivity contribution >= 4 is 0 Å². The Balaban J connectivity index is 2.47. The molecule has 1 saturated carbocycles. The highest BCUT2D eigenvalue weighted by Gasteiger charge is 2.36. The maximum absolute atomic E-state index is 12.5. The van der Waals surface area contributed by atoms with Gasteiger partial charge in [-0.25, -0.2) is 0 Å². The van der Waals surface area contributed by atoms with E-state index in [1.807, 2.05) is 0 Å². The van der Waals surface area contributed by atoms with E-state index in [1.54, 1.807) is 0 Å². The minimum Gasteiger partial charge on any atom is -0.298 e. The molecule has 1 unspecified atom stereocenters. The number of hydrogen-bond donors (Lipinski definition) is 0. The van der Waals surface area contributed by atoms with Gasteiger partial charge in [0.2, 0.25) is 0 Å². The third-order valence-electron chi connectivity index (χ3n) is 4.09. The molecule has 0 aromatic heterocycles. The van der Waals surface area contributed by atoms with Gasteiger partial charge in [0.15, 0.2) is 0 Å². The molecular formula is C14H26F3N. The van der Waals surface area contributed by atoms with Gasteiger partial charge in [0.25, 0.3) is 0 Å². The zero-order chi connectivity index (χ0) is 13.8. The summed E-state index contributed by atoms with van der Waals surface area (Å²) in [5.41, 5.74) is 0. The number of alkyl halides is 3. The van der Waals surface area contributed by atoms with Crippen molar-refractivity contribution < 1.29 is 13.2 Å². The quantitative estimate of drug-likeness (QED) is 0.701. The van der Waals surface area contributed by atoms with Crippen molar-refractivity contribution in [3.63, 3.8) is 0 Å². The molecule has 18 heavy (non-hydrogen) atoms. The number of halogens is 3. The van der Waals surface area contributed by atoms with Crippen LogP contribution in [0.2, 0.25) is 0 Å². The molecule has 0 spiro atoms. The molecule has 0 bridgehead atoms. The van der Waals surface area contributed by atoms with Gasteiger partial charge in [-0.15, -0.1) is 0 Å². The van der Waals surface area contributed by atoms with Crippen LogP contribution in [0.4, 0.5) is 13.2 Å². The fourth-order valence-electron chi connectivity index (χ4n) is 2.78. The summed E-state index contributed by atoms with van der Waals surface area (Å²) >= 11 is 0. The van der Waals surface area contributed by atoms with Crippen LogP contribution in [0, 0.1) is 5.92 Å². The molecule has 1 atom stereocenters. The molecule has 108 valence electrons. The van der Waals surface area contributed by atoms with Crippen LogP contribution in [-0.4, -0.2) is 29.7 Å². The maximum Gasteiger partial charge on any atom is 0.391 e. The van der Waals surface area contributed by atoms with E-state index < -0.39 is 12.1 Å². The largest absolute Gasteiger partial charge is 0.391 e. The smallest absolute Gasteiger partial charge is 0.298 e. The van der Waals surface area contributed by atoms with Crippen molar-refractivity contribution in [3.05, 3.63) is 0 Å². The van der Waals surface area contributed by atoms with Gasteiger partial charge in [-0.1, -0.05) is 26.2 Å². The van der Waals surface area contributed by atoms with Crippen molar-refractivity contribution in [1.29, 1.82) is 0 Å². The summed E-state index contributed by atoms with van der Waals surface area (Å²) in [6, 6.07) is 0.840. The lowest BCUT2D eigenvalue weighted by molar-refractivity contribution is -0.172. The molecule has 0 saturated heterocycles. The number of hydrogen-bond acceptors (Lipinski definition) is 1. The lowest BCUT2D eigenvalue weighted by atomic mass is 9.92. The third-order valence-corrected chi connectivity index (χ3v) is 4.09. The molecule has 0 N–H and O–H groups in total. The Morgan fingerprint density at radius 3 is 2.06 bits per heavy atom. The molecule has 1 aliphatic carbocycles. The Labute approximate surface area is 109 Å². The van der Waals surface area contributed by atoms with Crippen molar-refractivity contribution in [2.24, 2.45) is 5.92 Å². The molecular weight excluding hydrogens is 239 g/mol. The van der Waals surface area contributed by atoms with E-state index in [2.05, 4.69) is 18.7 Å². The number of rotatable bonds is 5. The van der Waals surface area contributed by atoms with Crippen LogP contribution in [0.5, 0.6) is 0 Å². The van der Waals surface area contributed by atoms with Crippen molar-refractivity contribution in [3.8, 4) is 0 Å². The van der Waals surface area contributed by atoms with Gasteiger partial charge in [0, 0.05) is 12.1 Å². The van der Waals surface area contributed by atoms with Gasteiger partial charge in [0.05, 0.1) is 5.92 Å². The topological polar surface area (TPSA) is 3.24 Å². The predicted octanol–water partition coefficient (Wildman–Crippen LogP) is 4.62. The van der Waals surface area contributed by atoms with Crippen LogP contribution in [0.15, 0.2) is 0 Å². The molecule has 0 amide bonds. The Morgan fingerprint density at radius 2 is 1.61 bits per heavy atom. The molecule has 0 aromatic carbocycles. The van der Waals surface area contributed by atoms with E-state index in [9.17, 15) is 13.2 Å². The minimum atomic E-state index is -4.05. The molecule has 0 aromatic rings. The summed E-state index contributed by atoms with van der Waals surface area (Å²) in [7, 11) is 0. The Bertz CT molecular complexity index is 232. The standard InChI is InChI=1S/C14H26F3N/c1-11(2)18(13-7-5-4-6-8-13)10-9-12(3)14(15,16)17/h11-13H,4-10H2,1-3H3. The fourth-order valence-corrected chi connectivity index (χ4v) is 2.78. The first-order valence-corrected chi connectivity index (χ1v) is 7.15. The second-order valence-electron chi connectivity index (χ2n) is 5.85. The third kappa shape index (κ3) is 4.79. The summed E-state index contributed by atoms with van der Waals surface area (Å²) in [4.78, 5) is 2.28. The van der Waals surface area contributed by atoms with Gasteiger partial charge in [-0.3, -0.25) is 4.90 Å². The van der Waals surface area contributed by atoms with Crippen LogP contribution in [0.1, 0.15) is 59.3 Å². The lowest BCUT2D eigenvalue weighted by Crippen LogP contribution is -2.43. The highest BCUT2D eigenvalue weighted by atomic mass is 19.4. The molecule has 1 aliphatic rings. The zero-order valence-electron chi connectivity index (χ0n) is 11.8. The van der Waals surface area contributed by atoms with Crippen LogP contribution in [0.3, 0.4) is 0 Å². The number of nitrogens with zero attached hydrogens (tertiary/aromatic N) is 1. The fraction of sp³-hybridized carbons (Fsp3) is 1.00. The minimum absolute atomic E-state index is 0.220. The highest BCUT2D eigenvalue weighted by Crippen LogP contribution is 2.30. The normalized spacial score (nSPS) is 20.7. The SMILES string of the molecule is CC(C)N(CCC(C)C(F)(F)F)C1CCCCC1. The molecule has 1 nitrogen and oxygen atoms in total. The van der Waals surface area contributed by atoms with E-state index in [0.29, 0.717) is 18.6 Å². The van der Waals surface area contributed by atoms with Gasteiger partial charge in [0.1, 0.15) is 0 Å². The second kappa shape index (κ2) is 6.78. The highest BCUT2D eigenvalue weighted by molar-refractivity contribution is 4.79. The van der Waals surface area contributed by atoms with E-state index in [-0.39, 0.29) is 6.42 Å². The summed E-state index contributed by atoms with van der Waals surface area (Å²) in [6.07, 6.45) is 2.21. The molecule has 0 aliphatic heterocycles. The maximum atomic E-state index is 12.5. The average Bonchev–Trinajstić information content (AvgIpc) is 2.28. The zero-order valence-corrected chi connectivity index (χ0v) is 11.8. The van der Waals surface area contributed by atoms with Gasteiger partial charge in [-0.2, -0.15) is 13.2 Å². The predicted molar refractivity (Wildman–Crippen MR) is 68.6 cm³/mol. The summed E-state index contributed by atoms with van der Waals surface area (Å²) in [6.45, 7) is 6.04. The average molecular weight is 265 g/mol.